The topological polar surface area (TPSA) is 43.4 Å². The summed E-state index contributed by atoms with van der Waals surface area (Å²) in [6.45, 7) is 3.52. The van der Waals surface area contributed by atoms with Crippen molar-refractivity contribution in [3.63, 3.8) is 0 Å². The Morgan fingerprint density at radius 2 is 1.69 bits per heavy atom. The van der Waals surface area contributed by atoms with Crippen molar-refractivity contribution in [2.75, 3.05) is 0 Å². The lowest BCUT2D eigenvalue weighted by molar-refractivity contribution is -0.149. The smallest absolute Gasteiger partial charge is 0.346 e. The minimum atomic E-state index is -0.573. The van der Waals surface area contributed by atoms with Crippen LogP contribution in [0.15, 0.2) is 35.5 Å². The molecule has 0 N–H and O–H groups in total. The maximum Gasteiger partial charge on any atom is 0.346 e. The molecule has 3 nitrogen and oxygen atoms in total. The first kappa shape index (κ1) is 9.45. The standard InChI is InChI=1S/C10H10O3/c1-3-5-6-8-7(4-2)9(11)13-10(8)12/h3-6H,1-2H3/b5-3-,7-4+,8-6+. The van der Waals surface area contributed by atoms with E-state index in [-0.39, 0.29) is 0 Å². The fraction of sp³-hybridized carbons (Fsp3) is 0.200. The Hall–Kier alpha value is -1.64. The number of carbonyl (C=O) groups excluding carboxylic acids is 2. The van der Waals surface area contributed by atoms with E-state index >= 15 is 0 Å². The number of esters is 2. The molecule has 0 amide bonds. The molecule has 0 aromatic heterocycles. The average Bonchev–Trinajstić information content (AvgIpc) is 2.37. The van der Waals surface area contributed by atoms with Gasteiger partial charge in [-0.1, -0.05) is 18.2 Å². The van der Waals surface area contributed by atoms with Gasteiger partial charge in [0.05, 0.1) is 11.1 Å². The predicted molar refractivity (Wildman–Crippen MR) is 47.8 cm³/mol. The third-order valence-corrected chi connectivity index (χ3v) is 1.66. The third-order valence-electron chi connectivity index (χ3n) is 1.66. The number of hydrogen-bond acceptors (Lipinski definition) is 3. The number of ether oxygens (including phenoxy) is 1. The van der Waals surface area contributed by atoms with E-state index in [2.05, 4.69) is 4.74 Å². The van der Waals surface area contributed by atoms with Crippen LogP contribution in [0.1, 0.15) is 13.8 Å². The molecule has 0 saturated carbocycles. The lowest BCUT2D eigenvalue weighted by Gasteiger charge is -1.87. The summed E-state index contributed by atoms with van der Waals surface area (Å²) in [6, 6.07) is 0. The molecular weight excluding hydrogens is 168 g/mol. The summed E-state index contributed by atoms with van der Waals surface area (Å²) in [6.07, 6.45) is 6.61. The average molecular weight is 178 g/mol. The van der Waals surface area contributed by atoms with Crippen LogP contribution >= 0.6 is 0 Å². The largest absolute Gasteiger partial charge is 0.386 e. The van der Waals surface area contributed by atoms with Gasteiger partial charge in [0.1, 0.15) is 0 Å². The van der Waals surface area contributed by atoms with Gasteiger partial charge in [0.15, 0.2) is 0 Å². The Labute approximate surface area is 76.4 Å². The van der Waals surface area contributed by atoms with Gasteiger partial charge in [-0.3, -0.25) is 0 Å². The van der Waals surface area contributed by atoms with Crippen LogP contribution in [-0.2, 0) is 14.3 Å². The summed E-state index contributed by atoms with van der Waals surface area (Å²) in [5, 5.41) is 0. The lowest BCUT2D eigenvalue weighted by Crippen LogP contribution is -1.96. The van der Waals surface area contributed by atoms with Gasteiger partial charge in [-0.2, -0.15) is 0 Å². The van der Waals surface area contributed by atoms with Crippen LogP contribution in [0.2, 0.25) is 0 Å². The van der Waals surface area contributed by atoms with Crippen molar-refractivity contribution in [2.45, 2.75) is 13.8 Å². The van der Waals surface area contributed by atoms with Crippen LogP contribution in [0.3, 0.4) is 0 Å². The fourth-order valence-electron chi connectivity index (χ4n) is 1.04. The van der Waals surface area contributed by atoms with Crippen molar-refractivity contribution >= 4 is 11.9 Å². The molecule has 1 aliphatic rings. The van der Waals surface area contributed by atoms with Crippen molar-refractivity contribution in [2.24, 2.45) is 0 Å². The second-order valence-electron chi connectivity index (χ2n) is 2.49. The zero-order valence-electron chi connectivity index (χ0n) is 7.53. The van der Waals surface area contributed by atoms with E-state index in [1.165, 1.54) is 0 Å². The molecule has 3 heteroatoms. The van der Waals surface area contributed by atoms with Crippen molar-refractivity contribution in [1.29, 1.82) is 0 Å². The summed E-state index contributed by atoms with van der Waals surface area (Å²) in [4.78, 5) is 22.1. The van der Waals surface area contributed by atoms with Crippen molar-refractivity contribution in [1.82, 2.24) is 0 Å². The summed E-state index contributed by atoms with van der Waals surface area (Å²) < 4.78 is 4.43. The highest BCUT2D eigenvalue weighted by atomic mass is 16.6. The SMILES string of the molecule is C\C=C/C=C1/C(=O)OC(=O)/C1=C/C. The van der Waals surface area contributed by atoms with Crippen molar-refractivity contribution in [3.8, 4) is 0 Å². The molecule has 0 aromatic rings. The molecular formula is C10H10O3. The van der Waals surface area contributed by atoms with Crippen LogP contribution in [0.4, 0.5) is 0 Å². The first-order valence-electron chi connectivity index (χ1n) is 3.97. The Bertz CT molecular complexity index is 332. The molecule has 13 heavy (non-hydrogen) atoms. The molecule has 0 atom stereocenters. The highest BCUT2D eigenvalue weighted by molar-refractivity contribution is 6.18. The van der Waals surface area contributed by atoms with E-state index in [1.807, 2.05) is 6.92 Å². The molecule has 0 radical (unpaired) electrons. The van der Waals surface area contributed by atoms with Crippen LogP contribution in [0.5, 0.6) is 0 Å². The summed E-state index contributed by atoms with van der Waals surface area (Å²) in [7, 11) is 0. The molecule has 1 saturated heterocycles. The van der Waals surface area contributed by atoms with Gasteiger partial charge < -0.3 is 4.74 Å². The van der Waals surface area contributed by atoms with E-state index < -0.39 is 11.9 Å². The second kappa shape index (κ2) is 3.85. The maximum absolute atomic E-state index is 11.1. The Morgan fingerprint density at radius 3 is 2.23 bits per heavy atom. The van der Waals surface area contributed by atoms with Gasteiger partial charge in [-0.05, 0) is 19.9 Å². The number of cyclic esters (lactones) is 2. The number of carbonyl (C=O) groups is 2. The fourth-order valence-corrected chi connectivity index (χ4v) is 1.04. The van der Waals surface area contributed by atoms with Crippen LogP contribution in [0.25, 0.3) is 0 Å². The predicted octanol–water partition coefficient (Wildman–Crippen LogP) is 1.52. The maximum atomic E-state index is 11.1. The first-order valence-corrected chi connectivity index (χ1v) is 3.97. The monoisotopic (exact) mass is 178 g/mol. The first-order chi connectivity index (χ1) is 6.20. The second-order valence-corrected chi connectivity index (χ2v) is 2.49. The van der Waals surface area contributed by atoms with Crippen LogP contribution in [0, 0.1) is 0 Å². The van der Waals surface area contributed by atoms with E-state index in [0.29, 0.717) is 11.1 Å². The van der Waals surface area contributed by atoms with Gasteiger partial charge in [0.25, 0.3) is 0 Å². The molecule has 0 aromatic carbocycles. The van der Waals surface area contributed by atoms with E-state index in [1.54, 1.807) is 31.2 Å². The van der Waals surface area contributed by atoms with Gasteiger partial charge in [0.2, 0.25) is 0 Å². The molecule has 0 unspecified atom stereocenters. The minimum Gasteiger partial charge on any atom is -0.386 e. The number of hydrogen-bond donors (Lipinski definition) is 0. The van der Waals surface area contributed by atoms with Gasteiger partial charge >= 0.3 is 11.9 Å². The zero-order chi connectivity index (χ0) is 9.84. The number of allylic oxidation sites excluding steroid dienone is 4. The molecule has 1 fully saturated rings. The summed E-state index contributed by atoms with van der Waals surface area (Å²) >= 11 is 0. The quantitative estimate of drug-likeness (QED) is 0.347. The van der Waals surface area contributed by atoms with Crippen molar-refractivity contribution in [3.05, 3.63) is 35.5 Å². The normalized spacial score (nSPS) is 23.5. The van der Waals surface area contributed by atoms with E-state index in [9.17, 15) is 9.59 Å². The molecule has 0 spiro atoms. The molecule has 1 aliphatic heterocycles. The molecule has 0 bridgehead atoms. The van der Waals surface area contributed by atoms with Crippen molar-refractivity contribution < 1.29 is 14.3 Å². The van der Waals surface area contributed by atoms with Gasteiger partial charge in [-0.25, -0.2) is 9.59 Å². The highest BCUT2D eigenvalue weighted by Gasteiger charge is 2.31. The van der Waals surface area contributed by atoms with E-state index in [0.717, 1.165) is 0 Å². The summed E-state index contributed by atoms with van der Waals surface area (Å²) in [5.41, 5.74) is 0.661. The van der Waals surface area contributed by atoms with Gasteiger partial charge in [0, 0.05) is 0 Å². The molecule has 68 valence electrons. The Morgan fingerprint density at radius 1 is 1.08 bits per heavy atom. The summed E-state index contributed by atoms with van der Waals surface area (Å²) in [5.74, 6) is -1.14. The molecule has 0 aliphatic carbocycles. The van der Waals surface area contributed by atoms with Crippen LogP contribution < -0.4 is 0 Å². The molecule has 1 heterocycles. The Kier molecular flexibility index (Phi) is 2.80. The number of rotatable bonds is 1. The van der Waals surface area contributed by atoms with E-state index in [4.69, 9.17) is 0 Å². The van der Waals surface area contributed by atoms with Gasteiger partial charge in [-0.15, -0.1) is 0 Å². The van der Waals surface area contributed by atoms with Crippen LogP contribution in [-0.4, -0.2) is 11.9 Å². The molecule has 1 rings (SSSR count). The third kappa shape index (κ3) is 1.75. The lowest BCUT2D eigenvalue weighted by atomic mass is 10.1. The minimum absolute atomic E-state index is 0.325. The zero-order valence-corrected chi connectivity index (χ0v) is 7.53. The highest BCUT2D eigenvalue weighted by Crippen LogP contribution is 2.21. The Balaban J connectivity index is 3.08.